The van der Waals surface area contributed by atoms with Crippen LogP contribution in [-0.4, -0.2) is 39.4 Å². The van der Waals surface area contributed by atoms with Gasteiger partial charge in [0.25, 0.3) is 0 Å². The maximum atomic E-state index is 5.65. The van der Waals surface area contributed by atoms with Gasteiger partial charge in [0.1, 0.15) is 0 Å². The van der Waals surface area contributed by atoms with Crippen molar-refractivity contribution in [2.24, 2.45) is 7.05 Å². The quantitative estimate of drug-likeness (QED) is 0.842. The maximum absolute atomic E-state index is 5.65. The van der Waals surface area contributed by atoms with E-state index in [0.717, 1.165) is 37.7 Å². The second-order valence-electron chi connectivity index (χ2n) is 5.46. The minimum Gasteiger partial charge on any atom is -0.378 e. The smallest absolute Gasteiger partial charge is 0.226 e. The summed E-state index contributed by atoms with van der Waals surface area (Å²) in [6.45, 7) is 5.15. The molecule has 1 atom stereocenters. The van der Waals surface area contributed by atoms with Crippen molar-refractivity contribution in [3.63, 3.8) is 0 Å². The molecule has 0 N–H and O–H groups in total. The Kier molecular flexibility index (Phi) is 4.36. The van der Waals surface area contributed by atoms with Crippen LogP contribution in [0.15, 0.2) is 22.9 Å². The Morgan fingerprint density at radius 2 is 2.33 bits per heavy atom. The fraction of sp³-hybridized carbons (Fsp3) is 0.600. The molecule has 6 heteroatoms. The number of morpholine rings is 1. The summed E-state index contributed by atoms with van der Waals surface area (Å²) in [5.74, 6) is 1.50. The summed E-state index contributed by atoms with van der Waals surface area (Å²) in [5, 5.41) is 4.09. The lowest BCUT2D eigenvalue weighted by Gasteiger charge is -2.35. The summed E-state index contributed by atoms with van der Waals surface area (Å²) in [4.78, 5) is 6.83. The van der Waals surface area contributed by atoms with Crippen molar-refractivity contribution >= 4 is 0 Å². The molecule has 0 aliphatic carbocycles. The zero-order valence-electron chi connectivity index (χ0n) is 12.7. The van der Waals surface area contributed by atoms with Gasteiger partial charge in [-0.05, 0) is 18.6 Å². The van der Waals surface area contributed by atoms with Crippen molar-refractivity contribution < 1.29 is 9.26 Å². The fourth-order valence-electron chi connectivity index (χ4n) is 2.77. The first-order chi connectivity index (χ1) is 10.3. The Labute approximate surface area is 124 Å². The van der Waals surface area contributed by atoms with Crippen molar-refractivity contribution in [1.29, 1.82) is 0 Å². The van der Waals surface area contributed by atoms with Crippen LogP contribution in [-0.2, 0) is 24.8 Å². The molecule has 21 heavy (non-hydrogen) atoms. The average Bonchev–Trinajstić information content (AvgIpc) is 3.09. The van der Waals surface area contributed by atoms with Crippen molar-refractivity contribution in [2.45, 2.75) is 32.4 Å². The van der Waals surface area contributed by atoms with Crippen LogP contribution in [0.5, 0.6) is 0 Å². The molecule has 3 heterocycles. The molecule has 0 radical (unpaired) electrons. The van der Waals surface area contributed by atoms with Gasteiger partial charge in [0, 0.05) is 31.9 Å². The van der Waals surface area contributed by atoms with E-state index in [2.05, 4.69) is 51.9 Å². The molecule has 1 fully saturated rings. The van der Waals surface area contributed by atoms with Crippen LogP contribution < -0.4 is 0 Å². The van der Waals surface area contributed by atoms with Crippen LogP contribution in [0, 0.1) is 0 Å². The molecule has 6 nitrogen and oxygen atoms in total. The molecule has 1 saturated heterocycles. The van der Waals surface area contributed by atoms with Crippen molar-refractivity contribution in [3.05, 3.63) is 35.7 Å². The Morgan fingerprint density at radius 3 is 3.10 bits per heavy atom. The fourth-order valence-corrected chi connectivity index (χ4v) is 2.77. The van der Waals surface area contributed by atoms with Gasteiger partial charge in [0.15, 0.2) is 5.82 Å². The van der Waals surface area contributed by atoms with E-state index < -0.39 is 0 Å². The molecule has 0 amide bonds. The third-order valence-corrected chi connectivity index (χ3v) is 3.88. The molecule has 0 spiro atoms. The molecule has 0 saturated carbocycles. The van der Waals surface area contributed by atoms with E-state index in [1.54, 1.807) is 0 Å². The highest BCUT2D eigenvalue weighted by Crippen LogP contribution is 2.25. The summed E-state index contributed by atoms with van der Waals surface area (Å²) in [5.41, 5.74) is 1.26. The molecule has 1 aliphatic heterocycles. The van der Waals surface area contributed by atoms with Crippen LogP contribution in [0.3, 0.4) is 0 Å². The molecule has 2 aromatic rings. The number of aryl methyl sites for hydroxylation is 2. The van der Waals surface area contributed by atoms with E-state index in [-0.39, 0.29) is 6.04 Å². The van der Waals surface area contributed by atoms with Gasteiger partial charge in [-0.3, -0.25) is 4.90 Å². The van der Waals surface area contributed by atoms with Gasteiger partial charge in [-0.2, -0.15) is 4.98 Å². The van der Waals surface area contributed by atoms with E-state index in [0.29, 0.717) is 13.2 Å². The zero-order chi connectivity index (χ0) is 14.7. The Balaban J connectivity index is 1.73. The number of aromatic nitrogens is 3. The summed E-state index contributed by atoms with van der Waals surface area (Å²) < 4.78 is 13.1. The summed E-state index contributed by atoms with van der Waals surface area (Å²) in [7, 11) is 2.07. The molecule has 0 unspecified atom stereocenters. The summed E-state index contributed by atoms with van der Waals surface area (Å²) >= 11 is 0. The van der Waals surface area contributed by atoms with Gasteiger partial charge in [0.05, 0.1) is 25.8 Å². The van der Waals surface area contributed by atoms with Gasteiger partial charge in [-0.25, -0.2) is 0 Å². The first-order valence-corrected chi connectivity index (χ1v) is 7.52. The normalized spacial score (nSPS) is 20.0. The van der Waals surface area contributed by atoms with E-state index in [4.69, 9.17) is 9.26 Å². The van der Waals surface area contributed by atoms with Crippen molar-refractivity contribution in [2.75, 3.05) is 19.8 Å². The molecule has 114 valence electrons. The van der Waals surface area contributed by atoms with Crippen LogP contribution in [0.4, 0.5) is 0 Å². The van der Waals surface area contributed by atoms with Gasteiger partial charge in [0.2, 0.25) is 5.89 Å². The monoisotopic (exact) mass is 290 g/mol. The second-order valence-corrected chi connectivity index (χ2v) is 5.46. The van der Waals surface area contributed by atoms with Gasteiger partial charge >= 0.3 is 0 Å². The average molecular weight is 290 g/mol. The van der Waals surface area contributed by atoms with Crippen molar-refractivity contribution in [1.82, 2.24) is 19.6 Å². The van der Waals surface area contributed by atoms with E-state index in [1.165, 1.54) is 5.69 Å². The third kappa shape index (κ3) is 3.16. The number of ether oxygens (including phenoxy) is 1. The summed E-state index contributed by atoms with van der Waals surface area (Å²) in [6, 6.07) is 4.45. The zero-order valence-corrected chi connectivity index (χ0v) is 12.7. The number of hydrogen-bond acceptors (Lipinski definition) is 5. The van der Waals surface area contributed by atoms with E-state index in [1.807, 2.05) is 0 Å². The molecule has 0 bridgehead atoms. The Morgan fingerprint density at radius 1 is 1.43 bits per heavy atom. The van der Waals surface area contributed by atoms with Gasteiger partial charge in [-0.1, -0.05) is 12.1 Å². The highest BCUT2D eigenvalue weighted by atomic mass is 16.5. The lowest BCUT2D eigenvalue weighted by molar-refractivity contribution is -0.0165. The van der Waals surface area contributed by atoms with Gasteiger partial charge in [-0.15, -0.1) is 0 Å². The van der Waals surface area contributed by atoms with Crippen LogP contribution in [0.2, 0.25) is 0 Å². The molecule has 3 rings (SSSR count). The van der Waals surface area contributed by atoms with E-state index in [9.17, 15) is 0 Å². The molecular formula is C15H22N4O2. The molecule has 0 aromatic carbocycles. The largest absolute Gasteiger partial charge is 0.378 e. The predicted octanol–water partition coefficient (Wildman–Crippen LogP) is 1.93. The lowest BCUT2D eigenvalue weighted by Crippen LogP contribution is -2.40. The first-order valence-electron chi connectivity index (χ1n) is 7.52. The van der Waals surface area contributed by atoms with Crippen molar-refractivity contribution in [3.8, 4) is 0 Å². The minimum absolute atomic E-state index is 0.242. The first kappa shape index (κ1) is 14.3. The topological polar surface area (TPSA) is 56.3 Å². The lowest BCUT2D eigenvalue weighted by atomic mass is 10.1. The SMILES string of the molecule is CCCc1nc(CN2CCOC[C@H]2c2cccn2C)no1. The number of hydrogen-bond donors (Lipinski definition) is 0. The third-order valence-electron chi connectivity index (χ3n) is 3.88. The number of rotatable bonds is 5. The Hall–Kier alpha value is -1.66. The van der Waals surface area contributed by atoms with Crippen LogP contribution in [0.25, 0.3) is 0 Å². The Bertz CT molecular complexity index is 578. The molecule has 2 aromatic heterocycles. The summed E-state index contributed by atoms with van der Waals surface area (Å²) in [6.07, 6.45) is 3.93. The maximum Gasteiger partial charge on any atom is 0.226 e. The predicted molar refractivity (Wildman–Crippen MR) is 77.7 cm³/mol. The molecule has 1 aliphatic rings. The number of nitrogens with zero attached hydrogens (tertiary/aromatic N) is 4. The van der Waals surface area contributed by atoms with Crippen LogP contribution in [0.1, 0.15) is 36.8 Å². The standard InChI is InChI=1S/C15H22N4O2/c1-3-5-15-16-14(17-21-15)10-19-8-9-20-11-13(19)12-6-4-7-18(12)2/h4,6-7,13H,3,5,8-11H2,1-2H3/t13-/m0/s1. The van der Waals surface area contributed by atoms with Crippen LogP contribution >= 0.6 is 0 Å². The second kappa shape index (κ2) is 6.41. The highest BCUT2D eigenvalue weighted by Gasteiger charge is 2.27. The van der Waals surface area contributed by atoms with Gasteiger partial charge < -0.3 is 13.8 Å². The minimum atomic E-state index is 0.242. The van der Waals surface area contributed by atoms with E-state index >= 15 is 0 Å². The highest BCUT2D eigenvalue weighted by molar-refractivity contribution is 5.13. The molecular weight excluding hydrogens is 268 g/mol.